The van der Waals surface area contributed by atoms with E-state index in [-0.39, 0.29) is 11.8 Å². The Balaban J connectivity index is 2.03. The molecule has 2 aromatic rings. The Morgan fingerprint density at radius 3 is 1.54 bits per heavy atom. The molecular formula is C21H19IN2O4. The Morgan fingerprint density at radius 1 is 0.786 bits per heavy atom. The molecule has 0 saturated heterocycles. The Bertz CT molecular complexity index is 1020. The standard InChI is InChI=1S/C21H19IN2O4/c1-4-10-21(22,5-2)24-19(27)13-8-6-11-15-12(18(26)23(3)17(11)25)7-9-14(16(13)15)20(24)28/h6-9H,4-5,10H2,1-3H3. The van der Waals surface area contributed by atoms with Gasteiger partial charge in [0, 0.05) is 40.1 Å². The average molecular weight is 490 g/mol. The zero-order chi connectivity index (χ0) is 20.4. The summed E-state index contributed by atoms with van der Waals surface area (Å²) in [7, 11) is 1.43. The van der Waals surface area contributed by atoms with Crippen LogP contribution in [-0.2, 0) is 0 Å². The molecule has 0 N–H and O–H groups in total. The summed E-state index contributed by atoms with van der Waals surface area (Å²) in [5.74, 6) is -1.59. The monoisotopic (exact) mass is 490 g/mol. The number of hydrogen-bond acceptors (Lipinski definition) is 4. The molecule has 144 valence electrons. The van der Waals surface area contributed by atoms with Crippen LogP contribution in [0.3, 0.4) is 0 Å². The molecule has 2 aromatic carbocycles. The van der Waals surface area contributed by atoms with E-state index < -0.39 is 15.4 Å². The highest BCUT2D eigenvalue weighted by molar-refractivity contribution is 14.1. The van der Waals surface area contributed by atoms with Crippen molar-refractivity contribution in [2.75, 3.05) is 7.05 Å². The second-order valence-corrected chi connectivity index (χ2v) is 9.22. The van der Waals surface area contributed by atoms with Crippen molar-refractivity contribution in [3.63, 3.8) is 0 Å². The number of carbonyl (C=O) groups is 4. The molecule has 0 saturated carbocycles. The number of alkyl halides is 1. The molecule has 4 rings (SSSR count). The number of halogens is 1. The summed E-state index contributed by atoms with van der Waals surface area (Å²) in [6.07, 6.45) is 2.16. The first kappa shape index (κ1) is 19.0. The summed E-state index contributed by atoms with van der Waals surface area (Å²) < 4.78 is -0.620. The minimum atomic E-state index is -0.620. The van der Waals surface area contributed by atoms with Gasteiger partial charge in [0.25, 0.3) is 23.6 Å². The van der Waals surface area contributed by atoms with Crippen LogP contribution >= 0.6 is 22.6 Å². The lowest BCUT2D eigenvalue weighted by atomic mass is 9.85. The van der Waals surface area contributed by atoms with Crippen molar-refractivity contribution < 1.29 is 19.2 Å². The molecule has 6 nitrogen and oxygen atoms in total. The van der Waals surface area contributed by atoms with Gasteiger partial charge < -0.3 is 0 Å². The van der Waals surface area contributed by atoms with Crippen LogP contribution in [0.4, 0.5) is 0 Å². The second kappa shape index (κ2) is 6.37. The average Bonchev–Trinajstić information content (AvgIpc) is 2.69. The Kier molecular flexibility index (Phi) is 4.33. The first-order valence-electron chi connectivity index (χ1n) is 9.26. The van der Waals surface area contributed by atoms with E-state index in [0.717, 1.165) is 11.3 Å². The van der Waals surface area contributed by atoms with Crippen molar-refractivity contribution in [2.45, 2.75) is 36.7 Å². The zero-order valence-corrected chi connectivity index (χ0v) is 18.0. The predicted octanol–water partition coefficient (Wildman–Crippen LogP) is 4.00. The summed E-state index contributed by atoms with van der Waals surface area (Å²) in [5, 5.41) is 0.831. The molecule has 1 atom stereocenters. The lowest BCUT2D eigenvalue weighted by molar-refractivity contribution is 0.0504. The van der Waals surface area contributed by atoms with Gasteiger partial charge in [-0.2, -0.15) is 0 Å². The molecule has 7 heteroatoms. The highest BCUT2D eigenvalue weighted by Crippen LogP contribution is 2.42. The summed E-state index contributed by atoms with van der Waals surface area (Å²) in [4.78, 5) is 54.3. The normalized spacial score (nSPS) is 18.1. The van der Waals surface area contributed by atoms with Crippen molar-refractivity contribution in [2.24, 2.45) is 0 Å². The van der Waals surface area contributed by atoms with E-state index >= 15 is 0 Å². The van der Waals surface area contributed by atoms with Crippen molar-refractivity contribution in [3.05, 3.63) is 46.5 Å². The van der Waals surface area contributed by atoms with Crippen LogP contribution in [0.1, 0.15) is 74.5 Å². The third-order valence-corrected chi connectivity index (χ3v) is 7.46. The van der Waals surface area contributed by atoms with Crippen LogP contribution < -0.4 is 0 Å². The van der Waals surface area contributed by atoms with Crippen LogP contribution in [0.15, 0.2) is 24.3 Å². The van der Waals surface area contributed by atoms with Gasteiger partial charge in [0.1, 0.15) is 3.55 Å². The van der Waals surface area contributed by atoms with E-state index in [0.29, 0.717) is 45.9 Å². The zero-order valence-electron chi connectivity index (χ0n) is 15.8. The SMILES string of the molecule is CCCC(I)(CC)N1C(=O)c2ccc3c4c(ccc(c24)C1=O)C(=O)N(C)C3=O. The number of imide groups is 2. The van der Waals surface area contributed by atoms with Crippen LogP contribution in [0.25, 0.3) is 10.8 Å². The number of hydrogen-bond donors (Lipinski definition) is 0. The molecule has 0 radical (unpaired) electrons. The molecule has 28 heavy (non-hydrogen) atoms. The van der Waals surface area contributed by atoms with Gasteiger partial charge in [-0.1, -0.05) is 42.9 Å². The fourth-order valence-electron chi connectivity index (χ4n) is 4.19. The van der Waals surface area contributed by atoms with E-state index in [1.807, 2.05) is 13.8 Å². The maximum absolute atomic E-state index is 13.4. The second-order valence-electron chi connectivity index (χ2n) is 7.21. The summed E-state index contributed by atoms with van der Waals surface area (Å²) in [6.45, 7) is 3.99. The molecule has 4 amide bonds. The maximum atomic E-state index is 13.4. The number of rotatable bonds is 4. The van der Waals surface area contributed by atoms with Crippen molar-refractivity contribution in [1.82, 2.24) is 9.80 Å². The van der Waals surface area contributed by atoms with E-state index in [1.54, 1.807) is 24.3 Å². The van der Waals surface area contributed by atoms with Gasteiger partial charge in [-0.05, 0) is 37.1 Å². The van der Waals surface area contributed by atoms with Gasteiger partial charge in [-0.15, -0.1) is 0 Å². The van der Waals surface area contributed by atoms with Crippen LogP contribution in [0.2, 0.25) is 0 Å². The summed E-state index contributed by atoms with van der Waals surface area (Å²) in [5.41, 5.74) is 1.42. The van der Waals surface area contributed by atoms with Crippen molar-refractivity contribution in [3.8, 4) is 0 Å². The van der Waals surface area contributed by atoms with E-state index in [9.17, 15) is 19.2 Å². The predicted molar refractivity (Wildman–Crippen MR) is 113 cm³/mol. The molecule has 2 aliphatic heterocycles. The molecule has 2 heterocycles. The van der Waals surface area contributed by atoms with E-state index in [1.165, 1.54) is 11.9 Å². The quantitative estimate of drug-likeness (QED) is 0.281. The molecule has 0 bridgehead atoms. The molecule has 0 fully saturated rings. The van der Waals surface area contributed by atoms with Crippen LogP contribution in [0.5, 0.6) is 0 Å². The van der Waals surface area contributed by atoms with Crippen LogP contribution in [-0.4, -0.2) is 44.0 Å². The fourth-order valence-corrected chi connectivity index (χ4v) is 5.17. The number of benzene rings is 2. The first-order chi connectivity index (χ1) is 13.3. The van der Waals surface area contributed by atoms with Crippen molar-refractivity contribution in [1.29, 1.82) is 0 Å². The van der Waals surface area contributed by atoms with Gasteiger partial charge in [0.05, 0.1) is 0 Å². The first-order valence-corrected chi connectivity index (χ1v) is 10.3. The third kappa shape index (κ3) is 2.31. The highest BCUT2D eigenvalue weighted by atomic mass is 127. The maximum Gasteiger partial charge on any atom is 0.262 e. The van der Waals surface area contributed by atoms with E-state index in [2.05, 4.69) is 22.6 Å². The molecule has 1 unspecified atom stereocenters. The van der Waals surface area contributed by atoms with Crippen LogP contribution in [0, 0.1) is 0 Å². The smallest absolute Gasteiger partial charge is 0.262 e. The summed E-state index contributed by atoms with van der Waals surface area (Å²) in [6, 6.07) is 6.38. The fraction of sp³-hybridized carbons (Fsp3) is 0.333. The Hall–Kier alpha value is -2.29. The number of amides is 4. The Morgan fingerprint density at radius 2 is 1.18 bits per heavy atom. The molecule has 2 aliphatic rings. The van der Waals surface area contributed by atoms with Gasteiger partial charge >= 0.3 is 0 Å². The van der Waals surface area contributed by atoms with Gasteiger partial charge in [-0.3, -0.25) is 29.0 Å². The largest absolute Gasteiger partial charge is 0.277 e. The molecular weight excluding hydrogens is 471 g/mol. The topological polar surface area (TPSA) is 74.8 Å². The van der Waals surface area contributed by atoms with Gasteiger partial charge in [0.15, 0.2) is 0 Å². The van der Waals surface area contributed by atoms with Crippen molar-refractivity contribution >= 4 is 57.0 Å². The number of carbonyl (C=O) groups excluding carboxylic acids is 4. The summed E-state index contributed by atoms with van der Waals surface area (Å²) >= 11 is 2.21. The van der Waals surface area contributed by atoms with E-state index in [4.69, 9.17) is 0 Å². The van der Waals surface area contributed by atoms with Gasteiger partial charge in [-0.25, -0.2) is 0 Å². The van der Waals surface area contributed by atoms with Gasteiger partial charge in [0.2, 0.25) is 0 Å². The molecule has 0 aliphatic carbocycles. The third-order valence-electron chi connectivity index (χ3n) is 5.67. The number of nitrogens with zero attached hydrogens (tertiary/aromatic N) is 2. The minimum Gasteiger partial charge on any atom is -0.277 e. The highest BCUT2D eigenvalue weighted by Gasteiger charge is 2.45. The molecule has 0 aromatic heterocycles. The molecule has 0 spiro atoms. The minimum absolute atomic E-state index is 0.344. The lowest BCUT2D eigenvalue weighted by Crippen LogP contribution is -2.52. The Labute approximate surface area is 176 Å². The lowest BCUT2D eigenvalue weighted by Gasteiger charge is -2.40.